The van der Waals surface area contributed by atoms with E-state index >= 15 is 0 Å². The van der Waals surface area contributed by atoms with E-state index in [9.17, 15) is 18.9 Å². The third-order valence-electron chi connectivity index (χ3n) is 1.66. The fourth-order valence-electron chi connectivity index (χ4n) is 1.04. The first-order chi connectivity index (χ1) is 7.41. The van der Waals surface area contributed by atoms with Crippen LogP contribution in [0, 0.1) is 21.7 Å². The van der Waals surface area contributed by atoms with Gasteiger partial charge in [0.25, 0.3) is 0 Å². The molecule has 7 heteroatoms. The minimum atomic E-state index is -1.31. The molecule has 1 N–H and O–H groups in total. The van der Waals surface area contributed by atoms with Crippen molar-refractivity contribution in [2.24, 2.45) is 0 Å². The van der Waals surface area contributed by atoms with Crippen molar-refractivity contribution >= 4 is 5.69 Å². The second kappa shape index (κ2) is 4.84. The highest BCUT2D eigenvalue weighted by Crippen LogP contribution is 2.30. The van der Waals surface area contributed by atoms with E-state index in [1.54, 1.807) is 0 Å². The van der Waals surface area contributed by atoms with Crippen molar-refractivity contribution < 1.29 is 23.5 Å². The smallest absolute Gasteiger partial charge is 0.346 e. The summed E-state index contributed by atoms with van der Waals surface area (Å²) in [6, 6.07) is 1.09. The first-order valence-corrected chi connectivity index (χ1v) is 4.36. The second-order valence-corrected chi connectivity index (χ2v) is 3.15. The molecular weight excluding hydrogens is 224 g/mol. The summed E-state index contributed by atoms with van der Waals surface area (Å²) in [5, 5.41) is 19.4. The van der Waals surface area contributed by atoms with Gasteiger partial charge in [0, 0.05) is 12.1 Å². The normalized spacial score (nSPS) is 12.2. The summed E-state index contributed by atoms with van der Waals surface area (Å²) in [6.45, 7) is 1.09. The van der Waals surface area contributed by atoms with Crippen LogP contribution in [0.1, 0.15) is 6.92 Å². The van der Waals surface area contributed by atoms with Crippen molar-refractivity contribution in [2.45, 2.75) is 13.0 Å². The molecule has 0 aromatic heterocycles. The number of hydrogen-bond acceptors (Lipinski definition) is 4. The number of rotatable bonds is 4. The second-order valence-electron chi connectivity index (χ2n) is 3.15. The molecule has 5 nitrogen and oxygen atoms in total. The van der Waals surface area contributed by atoms with Gasteiger partial charge in [-0.2, -0.15) is 4.39 Å². The molecule has 0 aliphatic heterocycles. The quantitative estimate of drug-likeness (QED) is 0.633. The van der Waals surface area contributed by atoms with Crippen LogP contribution in [0.15, 0.2) is 12.1 Å². The molecule has 1 aromatic carbocycles. The van der Waals surface area contributed by atoms with Crippen LogP contribution in [0.3, 0.4) is 0 Å². The topological polar surface area (TPSA) is 72.6 Å². The van der Waals surface area contributed by atoms with Gasteiger partial charge in [-0.25, -0.2) is 4.39 Å². The molecule has 0 saturated carbocycles. The fourth-order valence-corrected chi connectivity index (χ4v) is 1.04. The Hall–Kier alpha value is -1.76. The largest absolute Gasteiger partial charge is 0.484 e. The van der Waals surface area contributed by atoms with E-state index in [2.05, 4.69) is 0 Å². The van der Waals surface area contributed by atoms with Crippen LogP contribution in [0.25, 0.3) is 0 Å². The number of benzene rings is 1. The lowest BCUT2D eigenvalue weighted by Crippen LogP contribution is -2.14. The summed E-state index contributed by atoms with van der Waals surface area (Å²) in [5.41, 5.74) is -0.943. The third-order valence-corrected chi connectivity index (χ3v) is 1.66. The lowest BCUT2D eigenvalue weighted by molar-refractivity contribution is -0.388. The van der Waals surface area contributed by atoms with Crippen molar-refractivity contribution in [2.75, 3.05) is 6.61 Å². The molecule has 0 heterocycles. The molecule has 1 unspecified atom stereocenters. The van der Waals surface area contributed by atoms with E-state index in [1.165, 1.54) is 6.92 Å². The Morgan fingerprint density at radius 3 is 2.69 bits per heavy atom. The fraction of sp³-hybridized carbons (Fsp3) is 0.333. The minimum Gasteiger partial charge on any atom is -0.484 e. The van der Waals surface area contributed by atoms with Gasteiger partial charge in [0.2, 0.25) is 11.6 Å². The van der Waals surface area contributed by atoms with E-state index < -0.39 is 34.1 Å². The van der Waals surface area contributed by atoms with Gasteiger partial charge in [-0.05, 0) is 6.92 Å². The van der Waals surface area contributed by atoms with Gasteiger partial charge in [-0.15, -0.1) is 0 Å². The van der Waals surface area contributed by atoms with Crippen LogP contribution in [0.5, 0.6) is 5.75 Å². The number of aliphatic hydroxyl groups is 1. The Balaban J connectivity index is 3.09. The molecule has 0 fully saturated rings. The van der Waals surface area contributed by atoms with Crippen LogP contribution in [-0.4, -0.2) is 22.7 Å². The van der Waals surface area contributed by atoms with Crippen molar-refractivity contribution in [3.8, 4) is 5.75 Å². The Labute approximate surface area is 89.4 Å². The number of aliphatic hydroxyl groups excluding tert-OH is 1. The summed E-state index contributed by atoms with van der Waals surface area (Å²) in [5.74, 6) is -2.84. The standard InChI is InChI=1S/C9H9F2NO4/c1-5(13)4-16-8-3-6(10)2-7(11)9(8)12(14)15/h2-3,5,13H,4H2,1H3. The summed E-state index contributed by atoms with van der Waals surface area (Å²) < 4.78 is 30.6. The molecule has 1 rings (SSSR count). The van der Waals surface area contributed by atoms with Gasteiger partial charge >= 0.3 is 5.69 Å². The van der Waals surface area contributed by atoms with Crippen molar-refractivity contribution in [1.29, 1.82) is 0 Å². The first kappa shape index (κ1) is 12.3. The molecule has 0 aliphatic rings. The zero-order chi connectivity index (χ0) is 12.3. The maximum Gasteiger partial charge on any atom is 0.346 e. The van der Waals surface area contributed by atoms with Gasteiger partial charge in [0.1, 0.15) is 12.4 Å². The predicted octanol–water partition coefficient (Wildman–Crippen LogP) is 1.63. The molecule has 0 aliphatic carbocycles. The third kappa shape index (κ3) is 2.86. The number of halogens is 2. The van der Waals surface area contributed by atoms with Crippen molar-refractivity contribution in [3.05, 3.63) is 33.9 Å². The Bertz CT molecular complexity index is 409. The van der Waals surface area contributed by atoms with Gasteiger partial charge in [-0.1, -0.05) is 0 Å². The molecule has 16 heavy (non-hydrogen) atoms. The number of hydrogen-bond donors (Lipinski definition) is 1. The Morgan fingerprint density at radius 2 is 2.19 bits per heavy atom. The van der Waals surface area contributed by atoms with Crippen LogP contribution >= 0.6 is 0 Å². The zero-order valence-corrected chi connectivity index (χ0v) is 8.31. The van der Waals surface area contributed by atoms with Crippen molar-refractivity contribution in [1.82, 2.24) is 0 Å². The van der Waals surface area contributed by atoms with Gasteiger partial charge in [0.05, 0.1) is 11.0 Å². The number of nitrogens with zero attached hydrogens (tertiary/aromatic N) is 1. The average molecular weight is 233 g/mol. The molecule has 0 saturated heterocycles. The maximum atomic E-state index is 13.1. The molecule has 0 spiro atoms. The van der Waals surface area contributed by atoms with E-state index in [0.717, 1.165) is 0 Å². The number of nitro benzene ring substituents is 1. The number of ether oxygens (including phenoxy) is 1. The highest BCUT2D eigenvalue weighted by molar-refractivity contribution is 5.47. The van der Waals surface area contributed by atoms with Crippen molar-refractivity contribution in [3.63, 3.8) is 0 Å². The summed E-state index contributed by atoms with van der Waals surface area (Å²) in [6.07, 6.45) is -0.897. The van der Waals surface area contributed by atoms with E-state index in [0.29, 0.717) is 12.1 Å². The summed E-state index contributed by atoms with van der Waals surface area (Å²) >= 11 is 0. The van der Waals surface area contributed by atoms with E-state index in [1.807, 2.05) is 0 Å². The summed E-state index contributed by atoms with van der Waals surface area (Å²) in [7, 11) is 0. The minimum absolute atomic E-state index is 0.288. The summed E-state index contributed by atoms with van der Waals surface area (Å²) in [4.78, 5) is 9.49. The zero-order valence-electron chi connectivity index (χ0n) is 8.31. The van der Waals surface area contributed by atoms with Gasteiger partial charge in [-0.3, -0.25) is 10.1 Å². The van der Waals surface area contributed by atoms with Crippen LogP contribution in [0.2, 0.25) is 0 Å². The van der Waals surface area contributed by atoms with Crippen LogP contribution < -0.4 is 4.74 Å². The SMILES string of the molecule is CC(O)COc1cc(F)cc(F)c1[N+](=O)[O-]. The molecular formula is C9H9F2NO4. The Kier molecular flexibility index (Phi) is 3.73. The highest BCUT2D eigenvalue weighted by Gasteiger charge is 2.23. The lowest BCUT2D eigenvalue weighted by Gasteiger charge is -2.08. The predicted molar refractivity (Wildman–Crippen MR) is 50.2 cm³/mol. The Morgan fingerprint density at radius 1 is 1.56 bits per heavy atom. The lowest BCUT2D eigenvalue weighted by atomic mass is 10.2. The highest BCUT2D eigenvalue weighted by atomic mass is 19.1. The van der Waals surface area contributed by atoms with Crippen LogP contribution in [0.4, 0.5) is 14.5 Å². The molecule has 0 radical (unpaired) electrons. The van der Waals surface area contributed by atoms with Gasteiger partial charge in [0.15, 0.2) is 0 Å². The van der Waals surface area contributed by atoms with Gasteiger partial charge < -0.3 is 9.84 Å². The maximum absolute atomic E-state index is 13.1. The molecule has 1 atom stereocenters. The molecule has 88 valence electrons. The molecule has 0 bridgehead atoms. The first-order valence-electron chi connectivity index (χ1n) is 4.36. The monoisotopic (exact) mass is 233 g/mol. The molecule has 0 amide bonds. The van der Waals surface area contributed by atoms with E-state index in [4.69, 9.17) is 9.84 Å². The number of nitro groups is 1. The van der Waals surface area contributed by atoms with E-state index in [-0.39, 0.29) is 6.61 Å². The average Bonchev–Trinajstić information content (AvgIpc) is 2.12. The van der Waals surface area contributed by atoms with Crippen LogP contribution in [-0.2, 0) is 0 Å². The molecule has 1 aromatic rings.